The number of amides is 1. The molecule has 2 rings (SSSR count). The van der Waals surface area contributed by atoms with E-state index in [1.165, 1.54) is 12.5 Å². The third kappa shape index (κ3) is 4.92. The Kier molecular flexibility index (Phi) is 5.42. The Balaban J connectivity index is 1.90. The summed E-state index contributed by atoms with van der Waals surface area (Å²) in [6.45, 7) is 3.52. The minimum Gasteiger partial charge on any atom is -0.388 e. The van der Waals surface area contributed by atoms with E-state index >= 15 is 0 Å². The van der Waals surface area contributed by atoms with Crippen molar-refractivity contribution in [3.05, 3.63) is 59.7 Å². The minimum absolute atomic E-state index is 0.0785. The lowest BCUT2D eigenvalue weighted by Gasteiger charge is -2.11. The Morgan fingerprint density at radius 3 is 2.33 bits per heavy atom. The standard InChI is InChI=1S/C17H19NO2S/c1-12-3-5-14(6-4-12)17(20)11-21-16-9-7-15(8-10-16)18-13(2)19/h3-10,17,20H,11H2,1-2H3,(H,18,19). The molecule has 3 nitrogen and oxygen atoms in total. The Bertz CT molecular complexity index is 593. The van der Waals surface area contributed by atoms with Crippen LogP contribution in [0.2, 0.25) is 0 Å². The zero-order valence-electron chi connectivity index (χ0n) is 12.2. The van der Waals surface area contributed by atoms with Crippen LogP contribution in [0, 0.1) is 6.92 Å². The van der Waals surface area contributed by atoms with Gasteiger partial charge < -0.3 is 10.4 Å². The van der Waals surface area contributed by atoms with Gasteiger partial charge in [0.15, 0.2) is 0 Å². The van der Waals surface area contributed by atoms with Crippen molar-refractivity contribution >= 4 is 23.4 Å². The van der Waals surface area contributed by atoms with Gasteiger partial charge in [0.05, 0.1) is 6.10 Å². The van der Waals surface area contributed by atoms with E-state index < -0.39 is 6.10 Å². The van der Waals surface area contributed by atoms with Crippen LogP contribution in [0.15, 0.2) is 53.4 Å². The quantitative estimate of drug-likeness (QED) is 0.826. The second-order valence-corrected chi connectivity index (χ2v) is 6.04. The lowest BCUT2D eigenvalue weighted by Crippen LogP contribution is -2.05. The first-order chi connectivity index (χ1) is 10.0. The molecule has 0 radical (unpaired) electrons. The molecule has 1 amide bonds. The predicted molar refractivity (Wildman–Crippen MR) is 87.6 cm³/mol. The molecule has 0 aliphatic carbocycles. The molecule has 0 fully saturated rings. The van der Waals surface area contributed by atoms with Crippen LogP contribution >= 0.6 is 11.8 Å². The first-order valence-electron chi connectivity index (χ1n) is 6.79. The molecule has 1 atom stereocenters. The molecule has 0 aliphatic rings. The number of nitrogens with one attached hydrogen (secondary N) is 1. The smallest absolute Gasteiger partial charge is 0.221 e. The van der Waals surface area contributed by atoms with Crippen LogP contribution in [0.25, 0.3) is 0 Å². The van der Waals surface area contributed by atoms with Gasteiger partial charge in [0, 0.05) is 23.3 Å². The van der Waals surface area contributed by atoms with Crippen LogP contribution < -0.4 is 5.32 Å². The highest BCUT2D eigenvalue weighted by Gasteiger charge is 2.08. The van der Waals surface area contributed by atoms with Crippen molar-refractivity contribution < 1.29 is 9.90 Å². The van der Waals surface area contributed by atoms with E-state index in [1.807, 2.05) is 55.5 Å². The Morgan fingerprint density at radius 1 is 1.14 bits per heavy atom. The van der Waals surface area contributed by atoms with E-state index in [2.05, 4.69) is 5.32 Å². The largest absolute Gasteiger partial charge is 0.388 e. The summed E-state index contributed by atoms with van der Waals surface area (Å²) < 4.78 is 0. The van der Waals surface area contributed by atoms with Gasteiger partial charge in [-0.15, -0.1) is 11.8 Å². The molecule has 2 aromatic carbocycles. The lowest BCUT2D eigenvalue weighted by atomic mass is 10.1. The molecule has 0 aromatic heterocycles. The van der Waals surface area contributed by atoms with Gasteiger partial charge in [-0.25, -0.2) is 0 Å². The van der Waals surface area contributed by atoms with Gasteiger partial charge in [-0.1, -0.05) is 29.8 Å². The molecule has 2 N–H and O–H groups in total. The Morgan fingerprint density at radius 2 is 1.76 bits per heavy atom. The first-order valence-corrected chi connectivity index (χ1v) is 7.78. The summed E-state index contributed by atoms with van der Waals surface area (Å²) in [6, 6.07) is 15.5. The van der Waals surface area contributed by atoms with E-state index in [1.54, 1.807) is 11.8 Å². The number of aliphatic hydroxyl groups excluding tert-OH is 1. The van der Waals surface area contributed by atoms with Gasteiger partial charge in [0.2, 0.25) is 5.91 Å². The number of hydrogen-bond acceptors (Lipinski definition) is 3. The zero-order chi connectivity index (χ0) is 15.2. The van der Waals surface area contributed by atoms with Crippen molar-refractivity contribution in [1.29, 1.82) is 0 Å². The summed E-state index contributed by atoms with van der Waals surface area (Å²) in [7, 11) is 0. The average molecular weight is 301 g/mol. The van der Waals surface area contributed by atoms with Crippen molar-refractivity contribution in [2.45, 2.75) is 24.8 Å². The van der Waals surface area contributed by atoms with Gasteiger partial charge in [-0.3, -0.25) is 4.79 Å². The van der Waals surface area contributed by atoms with E-state index in [0.717, 1.165) is 16.1 Å². The number of benzene rings is 2. The number of carbonyl (C=O) groups is 1. The van der Waals surface area contributed by atoms with Crippen molar-refractivity contribution in [3.8, 4) is 0 Å². The maximum atomic E-state index is 10.9. The van der Waals surface area contributed by atoms with E-state index in [-0.39, 0.29) is 5.91 Å². The van der Waals surface area contributed by atoms with Crippen LogP contribution in [-0.4, -0.2) is 16.8 Å². The molecule has 0 saturated carbocycles. The van der Waals surface area contributed by atoms with E-state index in [9.17, 15) is 9.90 Å². The number of hydrogen-bond donors (Lipinski definition) is 2. The van der Waals surface area contributed by atoms with Crippen molar-refractivity contribution in [1.82, 2.24) is 0 Å². The Labute approximate surface area is 129 Å². The maximum absolute atomic E-state index is 10.9. The summed E-state index contributed by atoms with van der Waals surface area (Å²) >= 11 is 1.59. The maximum Gasteiger partial charge on any atom is 0.221 e. The third-order valence-corrected chi connectivity index (χ3v) is 4.13. The van der Waals surface area contributed by atoms with Crippen LogP contribution in [0.1, 0.15) is 24.2 Å². The lowest BCUT2D eigenvalue weighted by molar-refractivity contribution is -0.114. The average Bonchev–Trinajstić information content (AvgIpc) is 2.46. The number of anilines is 1. The highest BCUT2D eigenvalue weighted by Crippen LogP contribution is 2.26. The van der Waals surface area contributed by atoms with Gasteiger partial charge in [0.1, 0.15) is 0 Å². The van der Waals surface area contributed by atoms with Crippen molar-refractivity contribution in [3.63, 3.8) is 0 Å². The molecular formula is C17H19NO2S. The zero-order valence-corrected chi connectivity index (χ0v) is 13.0. The molecule has 0 bridgehead atoms. The summed E-state index contributed by atoms with van der Waals surface area (Å²) in [4.78, 5) is 12.0. The fourth-order valence-electron chi connectivity index (χ4n) is 1.90. The van der Waals surface area contributed by atoms with Crippen LogP contribution in [-0.2, 0) is 4.79 Å². The number of aliphatic hydroxyl groups is 1. The molecule has 110 valence electrons. The monoisotopic (exact) mass is 301 g/mol. The second kappa shape index (κ2) is 7.29. The Hall–Kier alpha value is -1.78. The van der Waals surface area contributed by atoms with Gasteiger partial charge in [0.25, 0.3) is 0 Å². The van der Waals surface area contributed by atoms with Crippen molar-refractivity contribution in [2.75, 3.05) is 11.1 Å². The summed E-state index contributed by atoms with van der Waals surface area (Å²) in [5.41, 5.74) is 2.90. The molecule has 0 spiro atoms. The number of rotatable bonds is 5. The molecule has 0 heterocycles. The first kappa shape index (κ1) is 15.6. The van der Waals surface area contributed by atoms with Gasteiger partial charge >= 0.3 is 0 Å². The van der Waals surface area contributed by atoms with Gasteiger partial charge in [-0.05, 0) is 36.8 Å². The molecule has 2 aromatic rings. The highest BCUT2D eigenvalue weighted by atomic mass is 32.2. The predicted octanol–water partition coefficient (Wildman–Crippen LogP) is 3.78. The molecule has 0 saturated heterocycles. The summed E-state index contributed by atoms with van der Waals surface area (Å²) in [5.74, 6) is 0.521. The molecule has 4 heteroatoms. The van der Waals surface area contributed by atoms with Crippen LogP contribution in [0.5, 0.6) is 0 Å². The second-order valence-electron chi connectivity index (χ2n) is 4.94. The third-order valence-electron chi connectivity index (χ3n) is 3.04. The summed E-state index contributed by atoms with van der Waals surface area (Å²) in [6.07, 6.45) is -0.481. The molecule has 21 heavy (non-hydrogen) atoms. The SMILES string of the molecule is CC(=O)Nc1ccc(SCC(O)c2ccc(C)cc2)cc1. The number of carbonyl (C=O) groups excluding carboxylic acids is 1. The molecule has 1 unspecified atom stereocenters. The molecule has 0 aliphatic heterocycles. The van der Waals surface area contributed by atoms with E-state index in [0.29, 0.717) is 5.75 Å². The number of aryl methyl sites for hydroxylation is 1. The van der Waals surface area contributed by atoms with Crippen LogP contribution in [0.3, 0.4) is 0 Å². The fraction of sp³-hybridized carbons (Fsp3) is 0.235. The number of thioether (sulfide) groups is 1. The normalized spacial score (nSPS) is 12.0. The fourth-order valence-corrected chi connectivity index (χ4v) is 2.77. The van der Waals surface area contributed by atoms with Gasteiger partial charge in [-0.2, -0.15) is 0 Å². The topological polar surface area (TPSA) is 49.3 Å². The van der Waals surface area contributed by atoms with Crippen LogP contribution in [0.4, 0.5) is 5.69 Å². The highest BCUT2D eigenvalue weighted by molar-refractivity contribution is 7.99. The summed E-state index contributed by atoms with van der Waals surface area (Å²) in [5, 5.41) is 12.9. The van der Waals surface area contributed by atoms with E-state index in [4.69, 9.17) is 0 Å². The van der Waals surface area contributed by atoms with Crippen molar-refractivity contribution in [2.24, 2.45) is 0 Å². The minimum atomic E-state index is -0.481. The molecular weight excluding hydrogens is 282 g/mol.